The van der Waals surface area contributed by atoms with Crippen LogP contribution in [0, 0.1) is 0 Å². The van der Waals surface area contributed by atoms with Crippen LogP contribution in [-0.4, -0.2) is 62.4 Å². The molecule has 0 radical (unpaired) electrons. The summed E-state index contributed by atoms with van der Waals surface area (Å²) in [6.07, 6.45) is 5.52. The van der Waals surface area contributed by atoms with Crippen LogP contribution in [0.2, 0.25) is 0 Å². The molecule has 0 saturated carbocycles. The fourth-order valence-corrected chi connectivity index (χ4v) is 3.44. The zero-order valence-corrected chi connectivity index (χ0v) is 12.6. The molecule has 7 heteroatoms. The average Bonchev–Trinajstić information content (AvgIpc) is 2.94. The highest BCUT2D eigenvalue weighted by Crippen LogP contribution is 2.24. The molecule has 1 aromatic heterocycles. The highest BCUT2D eigenvalue weighted by Gasteiger charge is 2.35. The zero-order chi connectivity index (χ0) is 14.8. The van der Waals surface area contributed by atoms with Crippen molar-refractivity contribution in [2.75, 3.05) is 19.6 Å². The maximum Gasteiger partial charge on any atom is 0.244 e. The van der Waals surface area contributed by atoms with Crippen molar-refractivity contribution in [3.63, 3.8) is 0 Å². The number of piperazine rings is 1. The minimum absolute atomic E-state index is 0.126. The molecule has 2 aliphatic heterocycles. The molecule has 1 aromatic rings. The number of carbonyl (C=O) groups excluding carboxylic acids is 1. The quantitative estimate of drug-likeness (QED) is 0.836. The number of piperidine rings is 1. The first-order chi connectivity index (χ1) is 10.2. The number of hydrogen-bond donors (Lipinski definition) is 1. The van der Waals surface area contributed by atoms with E-state index in [2.05, 4.69) is 22.1 Å². The predicted octanol–water partition coefficient (Wildman–Crippen LogP) is -0.178. The van der Waals surface area contributed by atoms with Gasteiger partial charge in [-0.15, -0.1) is 5.10 Å². The van der Waals surface area contributed by atoms with Gasteiger partial charge in [0, 0.05) is 31.7 Å². The zero-order valence-electron chi connectivity index (χ0n) is 12.6. The van der Waals surface area contributed by atoms with Gasteiger partial charge in [0.25, 0.3) is 0 Å². The smallest absolute Gasteiger partial charge is 0.244 e. The minimum Gasteiger partial charge on any atom is -0.336 e. The van der Waals surface area contributed by atoms with Crippen molar-refractivity contribution in [2.24, 2.45) is 5.73 Å². The first-order valence-electron chi connectivity index (χ1n) is 7.80. The van der Waals surface area contributed by atoms with Gasteiger partial charge in [0.05, 0.1) is 11.9 Å². The van der Waals surface area contributed by atoms with Crippen LogP contribution in [0.4, 0.5) is 0 Å². The Morgan fingerprint density at radius 1 is 1.43 bits per heavy atom. The van der Waals surface area contributed by atoms with Gasteiger partial charge in [-0.3, -0.25) is 9.69 Å². The molecular formula is C14H24N6O. The van der Waals surface area contributed by atoms with Crippen LogP contribution in [-0.2, 0) is 17.9 Å². The number of nitrogens with zero attached hydrogens (tertiary/aromatic N) is 5. The number of carbonyl (C=O) groups is 1. The van der Waals surface area contributed by atoms with Gasteiger partial charge in [-0.2, -0.15) is 0 Å². The lowest BCUT2D eigenvalue weighted by Gasteiger charge is -2.47. The third-order valence-electron chi connectivity index (χ3n) is 4.60. The molecule has 0 bridgehead atoms. The van der Waals surface area contributed by atoms with Gasteiger partial charge >= 0.3 is 0 Å². The molecule has 0 spiro atoms. The summed E-state index contributed by atoms with van der Waals surface area (Å²) >= 11 is 0. The molecule has 2 N–H and O–H groups in total. The Morgan fingerprint density at radius 3 is 3.05 bits per heavy atom. The Labute approximate surface area is 125 Å². The van der Waals surface area contributed by atoms with Gasteiger partial charge in [0.2, 0.25) is 5.91 Å². The van der Waals surface area contributed by atoms with Crippen molar-refractivity contribution >= 4 is 5.91 Å². The van der Waals surface area contributed by atoms with Crippen molar-refractivity contribution < 1.29 is 4.79 Å². The Hall–Kier alpha value is -1.47. The molecule has 2 unspecified atom stereocenters. The number of amides is 1. The summed E-state index contributed by atoms with van der Waals surface area (Å²) in [5.41, 5.74) is 6.23. The van der Waals surface area contributed by atoms with E-state index in [4.69, 9.17) is 5.73 Å². The van der Waals surface area contributed by atoms with Crippen LogP contribution in [0.5, 0.6) is 0 Å². The minimum atomic E-state index is 0.126. The predicted molar refractivity (Wildman–Crippen MR) is 78.3 cm³/mol. The number of fused-ring (bicyclic) bond motifs is 1. The summed E-state index contributed by atoms with van der Waals surface area (Å²) in [6, 6.07) is 0.804. The van der Waals surface area contributed by atoms with Gasteiger partial charge in [-0.25, -0.2) is 4.68 Å². The average molecular weight is 292 g/mol. The van der Waals surface area contributed by atoms with E-state index in [-0.39, 0.29) is 18.5 Å². The topological polar surface area (TPSA) is 80.3 Å². The van der Waals surface area contributed by atoms with Crippen LogP contribution in [0.25, 0.3) is 0 Å². The molecular weight excluding hydrogens is 268 g/mol. The third kappa shape index (κ3) is 3.08. The molecule has 2 saturated heterocycles. The molecule has 116 valence electrons. The molecule has 2 aliphatic rings. The molecule has 0 aromatic carbocycles. The van der Waals surface area contributed by atoms with Crippen molar-refractivity contribution in [1.29, 1.82) is 0 Å². The molecule has 2 fully saturated rings. The van der Waals surface area contributed by atoms with E-state index in [1.54, 1.807) is 10.9 Å². The lowest BCUT2D eigenvalue weighted by Crippen LogP contribution is -2.60. The standard InChI is InChI=1S/C14H24N6O/c1-11-7-18-5-3-2-4-13(18)9-20(11)14(21)10-19-8-12(6-15)16-17-19/h8,11,13H,2-7,9-10,15H2,1H3. The van der Waals surface area contributed by atoms with Gasteiger partial charge in [0.15, 0.2) is 0 Å². The first-order valence-corrected chi connectivity index (χ1v) is 7.80. The van der Waals surface area contributed by atoms with E-state index in [1.807, 2.05) is 4.90 Å². The Kier molecular flexibility index (Phi) is 4.21. The van der Waals surface area contributed by atoms with Crippen LogP contribution in [0.15, 0.2) is 6.20 Å². The summed E-state index contributed by atoms with van der Waals surface area (Å²) in [5, 5.41) is 7.88. The van der Waals surface area contributed by atoms with Crippen LogP contribution < -0.4 is 5.73 Å². The van der Waals surface area contributed by atoms with Gasteiger partial charge in [0.1, 0.15) is 6.54 Å². The first kappa shape index (κ1) is 14.5. The van der Waals surface area contributed by atoms with Crippen molar-refractivity contribution in [3.8, 4) is 0 Å². The molecule has 3 heterocycles. The van der Waals surface area contributed by atoms with Crippen molar-refractivity contribution in [1.82, 2.24) is 24.8 Å². The summed E-state index contributed by atoms with van der Waals surface area (Å²) in [4.78, 5) is 17.1. The highest BCUT2D eigenvalue weighted by molar-refractivity contribution is 5.76. The monoisotopic (exact) mass is 292 g/mol. The lowest BCUT2D eigenvalue weighted by molar-refractivity contribution is -0.139. The van der Waals surface area contributed by atoms with E-state index < -0.39 is 0 Å². The number of hydrogen-bond acceptors (Lipinski definition) is 5. The van der Waals surface area contributed by atoms with E-state index >= 15 is 0 Å². The summed E-state index contributed by atoms with van der Waals surface area (Å²) < 4.78 is 1.59. The van der Waals surface area contributed by atoms with Crippen molar-refractivity contribution in [2.45, 2.75) is 51.4 Å². The lowest BCUT2D eigenvalue weighted by atomic mass is 9.97. The van der Waals surface area contributed by atoms with Gasteiger partial charge < -0.3 is 10.6 Å². The van der Waals surface area contributed by atoms with E-state index in [1.165, 1.54) is 25.8 Å². The normalized spacial score (nSPS) is 26.7. The molecule has 3 rings (SSSR count). The molecule has 7 nitrogen and oxygen atoms in total. The number of aromatic nitrogens is 3. The Balaban J connectivity index is 1.63. The maximum absolute atomic E-state index is 12.5. The van der Waals surface area contributed by atoms with E-state index in [0.29, 0.717) is 18.3 Å². The van der Waals surface area contributed by atoms with Gasteiger partial charge in [-0.1, -0.05) is 11.6 Å². The van der Waals surface area contributed by atoms with E-state index in [0.717, 1.165) is 13.1 Å². The van der Waals surface area contributed by atoms with Crippen LogP contribution in [0.1, 0.15) is 31.9 Å². The second-order valence-electron chi connectivity index (χ2n) is 6.15. The van der Waals surface area contributed by atoms with Crippen LogP contribution in [0.3, 0.4) is 0 Å². The summed E-state index contributed by atoms with van der Waals surface area (Å²) in [5.74, 6) is 0.126. The largest absolute Gasteiger partial charge is 0.336 e. The fraction of sp³-hybridized carbons (Fsp3) is 0.786. The van der Waals surface area contributed by atoms with Crippen LogP contribution >= 0.6 is 0 Å². The molecule has 21 heavy (non-hydrogen) atoms. The third-order valence-corrected chi connectivity index (χ3v) is 4.60. The SMILES string of the molecule is CC1CN2CCCCC2CN1C(=O)Cn1cc(CN)nn1. The summed E-state index contributed by atoms with van der Waals surface area (Å²) in [7, 11) is 0. The number of nitrogens with two attached hydrogens (primary N) is 1. The van der Waals surface area contributed by atoms with Gasteiger partial charge in [-0.05, 0) is 26.3 Å². The Bertz CT molecular complexity index is 501. The second-order valence-corrected chi connectivity index (χ2v) is 6.15. The highest BCUT2D eigenvalue weighted by atomic mass is 16.2. The fourth-order valence-electron chi connectivity index (χ4n) is 3.44. The molecule has 2 atom stereocenters. The second kappa shape index (κ2) is 6.11. The number of rotatable bonds is 3. The van der Waals surface area contributed by atoms with Crippen molar-refractivity contribution in [3.05, 3.63) is 11.9 Å². The Morgan fingerprint density at radius 2 is 2.29 bits per heavy atom. The summed E-state index contributed by atoms with van der Waals surface area (Å²) in [6.45, 7) is 5.75. The molecule has 0 aliphatic carbocycles. The maximum atomic E-state index is 12.5. The molecule has 1 amide bonds. The van der Waals surface area contributed by atoms with E-state index in [9.17, 15) is 4.79 Å².